The lowest BCUT2D eigenvalue weighted by molar-refractivity contribution is 0.587. The minimum atomic E-state index is -3.40. The van der Waals surface area contributed by atoms with Gasteiger partial charge in [-0.15, -0.1) is 22.7 Å². The summed E-state index contributed by atoms with van der Waals surface area (Å²) in [7, 11) is -3.40. The second-order valence-corrected chi connectivity index (χ2v) is 10.8. The Hall–Kier alpha value is -2.35. The number of hydrogen-bond acceptors (Lipinski definition) is 6. The Kier molecular flexibility index (Phi) is 6.18. The molecule has 0 radical (unpaired) electrons. The van der Waals surface area contributed by atoms with Gasteiger partial charge in [0.25, 0.3) is 0 Å². The van der Waals surface area contributed by atoms with Gasteiger partial charge in [-0.25, -0.2) is 8.42 Å². The minimum absolute atomic E-state index is 0.0270. The minimum Gasteiger partial charge on any atom is -0.261 e. The second kappa shape index (κ2) is 8.98. The van der Waals surface area contributed by atoms with Gasteiger partial charge in [0.05, 0.1) is 11.5 Å². The third-order valence-electron chi connectivity index (χ3n) is 4.70. The molecule has 4 aromatic rings. The van der Waals surface area contributed by atoms with E-state index < -0.39 is 9.84 Å². The fraction of sp³-hybridized carbons (Fsp3) is 0.182. The first-order valence-electron chi connectivity index (χ1n) is 9.21. The highest BCUT2D eigenvalue weighted by Gasteiger charge is 2.29. The SMILES string of the molecule is O=S(=O)(CC(c1ccccn1)c1cccs1)CC(c1ccccn1)c1cccs1. The third kappa shape index (κ3) is 4.98. The maximum absolute atomic E-state index is 13.3. The molecule has 0 aromatic carbocycles. The van der Waals surface area contributed by atoms with Crippen molar-refractivity contribution in [1.29, 1.82) is 0 Å². The number of hydrogen-bond donors (Lipinski definition) is 0. The number of rotatable bonds is 8. The number of thiophene rings is 2. The molecule has 0 N–H and O–H groups in total. The van der Waals surface area contributed by atoms with Crippen molar-refractivity contribution in [3.8, 4) is 0 Å². The molecule has 2 unspecified atom stereocenters. The zero-order chi connectivity index (χ0) is 20.1. The standard InChI is InChI=1S/C22H20N2O2S3/c25-29(26,15-17(21-9-5-13-27-21)19-7-1-3-11-23-19)16-18(22-10-6-14-28-22)20-8-2-4-12-24-20/h1-14,17-18H,15-16H2. The summed E-state index contributed by atoms with van der Waals surface area (Å²) in [6.45, 7) is 0. The van der Waals surface area contributed by atoms with Crippen molar-refractivity contribution in [2.24, 2.45) is 0 Å². The molecule has 0 aliphatic heterocycles. The molecule has 0 aliphatic carbocycles. The quantitative estimate of drug-likeness (QED) is 0.388. The predicted octanol–water partition coefficient (Wildman–Crippen LogP) is 4.98. The van der Waals surface area contributed by atoms with Crippen LogP contribution in [0.1, 0.15) is 33.0 Å². The molecular formula is C22H20N2O2S3. The lowest BCUT2D eigenvalue weighted by Gasteiger charge is -2.19. The maximum Gasteiger partial charge on any atom is 0.152 e. The third-order valence-corrected chi connectivity index (χ3v) is 8.36. The van der Waals surface area contributed by atoms with E-state index in [2.05, 4.69) is 9.97 Å². The molecule has 0 saturated heterocycles. The summed E-state index contributed by atoms with van der Waals surface area (Å²) in [5, 5.41) is 3.94. The first-order chi connectivity index (χ1) is 14.1. The van der Waals surface area contributed by atoms with Crippen LogP contribution in [-0.4, -0.2) is 29.9 Å². The van der Waals surface area contributed by atoms with Gasteiger partial charge in [-0.1, -0.05) is 24.3 Å². The van der Waals surface area contributed by atoms with E-state index in [1.54, 1.807) is 35.1 Å². The molecule has 0 bridgehead atoms. The summed E-state index contributed by atoms with van der Waals surface area (Å²) in [5.74, 6) is -0.485. The number of aromatic nitrogens is 2. The van der Waals surface area contributed by atoms with Crippen LogP contribution in [0, 0.1) is 0 Å². The summed E-state index contributed by atoms with van der Waals surface area (Å²) in [6, 6.07) is 19.1. The molecule has 4 heterocycles. The average Bonchev–Trinajstić information content (AvgIpc) is 3.46. The van der Waals surface area contributed by atoms with Crippen LogP contribution >= 0.6 is 22.7 Å². The van der Waals surface area contributed by atoms with E-state index in [-0.39, 0.29) is 23.3 Å². The van der Waals surface area contributed by atoms with E-state index in [9.17, 15) is 8.42 Å². The van der Waals surface area contributed by atoms with Crippen LogP contribution in [0.5, 0.6) is 0 Å². The summed E-state index contributed by atoms with van der Waals surface area (Å²) >= 11 is 3.13. The predicted molar refractivity (Wildman–Crippen MR) is 119 cm³/mol. The van der Waals surface area contributed by atoms with Crippen LogP contribution < -0.4 is 0 Å². The van der Waals surface area contributed by atoms with Crippen molar-refractivity contribution in [1.82, 2.24) is 9.97 Å². The zero-order valence-electron chi connectivity index (χ0n) is 15.6. The molecule has 7 heteroatoms. The van der Waals surface area contributed by atoms with Crippen LogP contribution in [0.3, 0.4) is 0 Å². The van der Waals surface area contributed by atoms with Gasteiger partial charge < -0.3 is 0 Å². The summed E-state index contributed by atoms with van der Waals surface area (Å²) in [4.78, 5) is 10.9. The lowest BCUT2D eigenvalue weighted by Crippen LogP contribution is -2.23. The van der Waals surface area contributed by atoms with Crippen molar-refractivity contribution >= 4 is 32.5 Å². The van der Waals surface area contributed by atoms with Gasteiger partial charge in [-0.3, -0.25) is 9.97 Å². The zero-order valence-corrected chi connectivity index (χ0v) is 18.0. The smallest absolute Gasteiger partial charge is 0.152 e. The molecule has 148 valence electrons. The van der Waals surface area contributed by atoms with E-state index in [4.69, 9.17) is 0 Å². The van der Waals surface area contributed by atoms with E-state index in [1.165, 1.54) is 0 Å². The van der Waals surface area contributed by atoms with Gasteiger partial charge in [0.2, 0.25) is 0 Å². The van der Waals surface area contributed by atoms with Crippen molar-refractivity contribution < 1.29 is 8.42 Å². The largest absolute Gasteiger partial charge is 0.261 e. The Balaban J connectivity index is 1.64. The number of sulfone groups is 1. The van der Waals surface area contributed by atoms with Crippen LogP contribution in [-0.2, 0) is 9.84 Å². The van der Waals surface area contributed by atoms with E-state index >= 15 is 0 Å². The van der Waals surface area contributed by atoms with Gasteiger partial charge in [0.15, 0.2) is 9.84 Å². The van der Waals surface area contributed by atoms with Crippen molar-refractivity contribution in [2.75, 3.05) is 11.5 Å². The topological polar surface area (TPSA) is 59.9 Å². The highest BCUT2D eigenvalue weighted by Crippen LogP contribution is 2.32. The second-order valence-electron chi connectivity index (χ2n) is 6.72. The van der Waals surface area contributed by atoms with E-state index in [1.807, 2.05) is 71.4 Å². The van der Waals surface area contributed by atoms with Gasteiger partial charge in [-0.2, -0.15) is 0 Å². The molecule has 2 atom stereocenters. The molecule has 0 amide bonds. The lowest BCUT2D eigenvalue weighted by atomic mass is 10.1. The van der Waals surface area contributed by atoms with Gasteiger partial charge in [0.1, 0.15) is 0 Å². The van der Waals surface area contributed by atoms with Crippen LogP contribution in [0.15, 0.2) is 83.8 Å². The van der Waals surface area contributed by atoms with Crippen LogP contribution in [0.2, 0.25) is 0 Å². The highest BCUT2D eigenvalue weighted by molar-refractivity contribution is 7.91. The van der Waals surface area contributed by atoms with Gasteiger partial charge >= 0.3 is 0 Å². The Morgan fingerprint density at radius 1 is 0.690 bits per heavy atom. The van der Waals surface area contributed by atoms with Crippen LogP contribution in [0.4, 0.5) is 0 Å². The first kappa shape index (κ1) is 19.9. The van der Waals surface area contributed by atoms with E-state index in [0.717, 1.165) is 21.1 Å². The molecule has 0 saturated carbocycles. The average molecular weight is 441 g/mol. The molecule has 4 aromatic heterocycles. The van der Waals surface area contributed by atoms with Crippen molar-refractivity contribution in [3.63, 3.8) is 0 Å². The highest BCUT2D eigenvalue weighted by atomic mass is 32.2. The Labute approximate surface area is 178 Å². The summed E-state index contributed by atoms with van der Waals surface area (Å²) < 4.78 is 26.7. The molecular weight excluding hydrogens is 420 g/mol. The molecule has 0 fully saturated rings. The van der Waals surface area contributed by atoms with Gasteiger partial charge in [0, 0.05) is 45.4 Å². The van der Waals surface area contributed by atoms with Gasteiger partial charge in [-0.05, 0) is 47.2 Å². The normalized spacial score (nSPS) is 13.8. The Morgan fingerprint density at radius 2 is 1.17 bits per heavy atom. The fourth-order valence-electron chi connectivity index (χ4n) is 3.35. The molecule has 4 rings (SSSR count). The molecule has 29 heavy (non-hydrogen) atoms. The molecule has 0 spiro atoms. The molecule has 0 aliphatic rings. The molecule has 4 nitrogen and oxygen atoms in total. The monoisotopic (exact) mass is 440 g/mol. The Morgan fingerprint density at radius 3 is 1.52 bits per heavy atom. The summed E-state index contributed by atoms with van der Waals surface area (Å²) in [5.41, 5.74) is 1.56. The Bertz CT molecular complexity index is 1030. The van der Waals surface area contributed by atoms with Crippen molar-refractivity contribution in [2.45, 2.75) is 11.8 Å². The van der Waals surface area contributed by atoms with Crippen molar-refractivity contribution in [3.05, 3.63) is 105 Å². The van der Waals surface area contributed by atoms with Crippen LogP contribution in [0.25, 0.3) is 0 Å². The maximum atomic E-state index is 13.3. The number of pyridine rings is 2. The summed E-state index contributed by atoms with van der Waals surface area (Å²) in [6.07, 6.45) is 3.43. The van der Waals surface area contributed by atoms with E-state index in [0.29, 0.717) is 0 Å². The number of nitrogens with zero attached hydrogens (tertiary/aromatic N) is 2. The first-order valence-corrected chi connectivity index (χ1v) is 12.8. The fourth-order valence-corrected chi connectivity index (χ4v) is 7.09.